The lowest BCUT2D eigenvalue weighted by atomic mass is 10.2. The average molecular weight is 498 g/mol. The standard InChI is InChI=1S/C20H30N6O.HI/c1-4-21-20(22-15-17-5-7-19(8-6-17)24(2)3)26-12-10-25(11-13-26)16-18-9-14-27-23-18;/h5-9,14H,4,10-13,15-16H2,1-3H3,(H,21,22);1H. The van der Waals surface area contributed by atoms with E-state index >= 15 is 0 Å². The van der Waals surface area contributed by atoms with E-state index in [1.165, 1.54) is 11.3 Å². The van der Waals surface area contributed by atoms with Gasteiger partial charge in [0.15, 0.2) is 5.96 Å². The molecule has 2 aromatic rings. The molecule has 3 rings (SSSR count). The zero-order chi connectivity index (χ0) is 19.1. The average Bonchev–Trinajstić information content (AvgIpc) is 3.19. The van der Waals surface area contributed by atoms with Crippen LogP contribution in [0.3, 0.4) is 0 Å². The second kappa shape index (κ2) is 11.3. The number of aromatic nitrogens is 1. The van der Waals surface area contributed by atoms with E-state index in [0.717, 1.165) is 50.9 Å². The Morgan fingerprint density at radius 2 is 1.86 bits per heavy atom. The number of nitrogens with one attached hydrogen (secondary N) is 1. The number of hydrogen-bond donors (Lipinski definition) is 1. The van der Waals surface area contributed by atoms with Crippen molar-refractivity contribution in [2.24, 2.45) is 4.99 Å². The van der Waals surface area contributed by atoms with Crippen molar-refractivity contribution in [3.63, 3.8) is 0 Å². The van der Waals surface area contributed by atoms with E-state index in [0.29, 0.717) is 6.54 Å². The minimum absolute atomic E-state index is 0. The first-order valence-electron chi connectivity index (χ1n) is 9.57. The Labute approximate surface area is 184 Å². The summed E-state index contributed by atoms with van der Waals surface area (Å²) in [4.78, 5) is 11.7. The number of rotatable bonds is 6. The topological polar surface area (TPSA) is 60.1 Å². The zero-order valence-electron chi connectivity index (χ0n) is 17.0. The molecule has 0 spiro atoms. The molecule has 1 aliphatic rings. The van der Waals surface area contributed by atoms with Crippen LogP contribution in [0.2, 0.25) is 0 Å². The lowest BCUT2D eigenvalue weighted by molar-refractivity contribution is 0.169. The fraction of sp³-hybridized carbons (Fsp3) is 0.500. The van der Waals surface area contributed by atoms with Crippen LogP contribution in [0.25, 0.3) is 0 Å². The van der Waals surface area contributed by atoms with Crippen LogP contribution in [0.1, 0.15) is 18.2 Å². The Morgan fingerprint density at radius 1 is 1.14 bits per heavy atom. The molecule has 0 radical (unpaired) electrons. The molecule has 2 heterocycles. The zero-order valence-corrected chi connectivity index (χ0v) is 19.3. The fourth-order valence-corrected chi connectivity index (χ4v) is 3.16. The van der Waals surface area contributed by atoms with Gasteiger partial charge in [-0.15, -0.1) is 24.0 Å². The van der Waals surface area contributed by atoms with E-state index < -0.39 is 0 Å². The van der Waals surface area contributed by atoms with Crippen molar-refractivity contribution in [1.29, 1.82) is 0 Å². The molecule has 0 aliphatic carbocycles. The van der Waals surface area contributed by atoms with E-state index in [2.05, 4.69) is 70.5 Å². The smallest absolute Gasteiger partial charge is 0.194 e. The molecule has 0 bridgehead atoms. The molecule has 1 N–H and O–H groups in total. The molecule has 8 heteroatoms. The Balaban J connectivity index is 0.00000280. The number of halogens is 1. The molecule has 1 aliphatic heterocycles. The first-order valence-corrected chi connectivity index (χ1v) is 9.57. The lowest BCUT2D eigenvalue weighted by Crippen LogP contribution is -2.52. The lowest BCUT2D eigenvalue weighted by Gasteiger charge is -2.36. The third kappa shape index (κ3) is 6.37. The van der Waals surface area contributed by atoms with Crippen LogP contribution in [-0.2, 0) is 13.1 Å². The van der Waals surface area contributed by atoms with E-state index in [4.69, 9.17) is 9.52 Å². The largest absolute Gasteiger partial charge is 0.378 e. The van der Waals surface area contributed by atoms with E-state index in [9.17, 15) is 0 Å². The molecule has 0 unspecified atom stereocenters. The van der Waals surface area contributed by atoms with Crippen molar-refractivity contribution >= 4 is 35.6 Å². The Hall–Kier alpha value is -1.81. The highest BCUT2D eigenvalue weighted by Gasteiger charge is 2.20. The summed E-state index contributed by atoms with van der Waals surface area (Å²) >= 11 is 0. The van der Waals surface area contributed by atoms with Crippen molar-refractivity contribution in [3.8, 4) is 0 Å². The fourth-order valence-electron chi connectivity index (χ4n) is 3.16. The van der Waals surface area contributed by atoms with Gasteiger partial charge in [-0.1, -0.05) is 17.3 Å². The number of nitrogens with zero attached hydrogens (tertiary/aromatic N) is 5. The second-order valence-electron chi connectivity index (χ2n) is 6.99. The molecule has 28 heavy (non-hydrogen) atoms. The summed E-state index contributed by atoms with van der Waals surface area (Å²) in [6.45, 7) is 8.43. The molecule has 1 aromatic heterocycles. The quantitative estimate of drug-likeness (QED) is 0.376. The van der Waals surface area contributed by atoms with Crippen molar-refractivity contribution in [2.75, 3.05) is 51.7 Å². The molecule has 1 aromatic carbocycles. The van der Waals surface area contributed by atoms with Gasteiger partial charge in [-0.3, -0.25) is 4.90 Å². The van der Waals surface area contributed by atoms with Gasteiger partial charge in [-0.2, -0.15) is 0 Å². The van der Waals surface area contributed by atoms with Crippen LogP contribution in [-0.4, -0.2) is 67.7 Å². The van der Waals surface area contributed by atoms with Crippen LogP contribution in [0.5, 0.6) is 0 Å². The van der Waals surface area contributed by atoms with Gasteiger partial charge in [0.1, 0.15) is 6.26 Å². The molecule has 0 amide bonds. The highest BCUT2D eigenvalue weighted by molar-refractivity contribution is 14.0. The predicted octanol–water partition coefficient (Wildman–Crippen LogP) is 2.64. The monoisotopic (exact) mass is 498 g/mol. The normalized spacial score (nSPS) is 15.2. The van der Waals surface area contributed by atoms with Crippen LogP contribution in [0, 0.1) is 0 Å². The summed E-state index contributed by atoms with van der Waals surface area (Å²) in [5.41, 5.74) is 3.42. The van der Waals surface area contributed by atoms with Crippen molar-refractivity contribution in [3.05, 3.63) is 47.9 Å². The second-order valence-corrected chi connectivity index (χ2v) is 6.99. The summed E-state index contributed by atoms with van der Waals surface area (Å²) in [6, 6.07) is 10.5. The summed E-state index contributed by atoms with van der Waals surface area (Å²) in [5.74, 6) is 0.996. The van der Waals surface area contributed by atoms with Crippen LogP contribution in [0.15, 0.2) is 46.1 Å². The molecule has 154 valence electrons. The van der Waals surface area contributed by atoms with Gasteiger partial charge < -0.3 is 19.6 Å². The SMILES string of the molecule is CCNC(=NCc1ccc(N(C)C)cc1)N1CCN(Cc2ccon2)CC1.I. The number of benzene rings is 1. The maximum Gasteiger partial charge on any atom is 0.194 e. The predicted molar refractivity (Wildman–Crippen MR) is 124 cm³/mol. The van der Waals surface area contributed by atoms with Crippen LogP contribution >= 0.6 is 24.0 Å². The molecular formula is C20H31IN6O. The Bertz CT molecular complexity index is 709. The number of guanidine groups is 1. The molecule has 0 saturated carbocycles. The van der Waals surface area contributed by atoms with Gasteiger partial charge in [-0.25, -0.2) is 4.99 Å². The van der Waals surface area contributed by atoms with Crippen LogP contribution < -0.4 is 10.2 Å². The first kappa shape index (κ1) is 22.5. The van der Waals surface area contributed by atoms with Gasteiger partial charge >= 0.3 is 0 Å². The van der Waals surface area contributed by atoms with Gasteiger partial charge in [0.05, 0.1) is 12.2 Å². The summed E-state index contributed by atoms with van der Waals surface area (Å²) < 4.78 is 4.92. The number of aliphatic imine (C=N–C) groups is 1. The van der Waals surface area contributed by atoms with Crippen LogP contribution in [0.4, 0.5) is 5.69 Å². The molecule has 1 saturated heterocycles. The number of piperazine rings is 1. The molecular weight excluding hydrogens is 467 g/mol. The van der Waals surface area contributed by atoms with Gasteiger partial charge in [0.25, 0.3) is 0 Å². The highest BCUT2D eigenvalue weighted by atomic mass is 127. The summed E-state index contributed by atoms with van der Waals surface area (Å²) in [6.07, 6.45) is 1.63. The first-order chi connectivity index (χ1) is 13.2. The third-order valence-corrected chi connectivity index (χ3v) is 4.75. The molecule has 7 nitrogen and oxygen atoms in total. The highest BCUT2D eigenvalue weighted by Crippen LogP contribution is 2.13. The third-order valence-electron chi connectivity index (χ3n) is 4.75. The minimum Gasteiger partial charge on any atom is -0.378 e. The van der Waals surface area contributed by atoms with Crippen molar-refractivity contribution in [2.45, 2.75) is 20.0 Å². The summed E-state index contributed by atoms with van der Waals surface area (Å²) in [5, 5.41) is 7.44. The van der Waals surface area contributed by atoms with Crippen molar-refractivity contribution in [1.82, 2.24) is 20.3 Å². The maximum atomic E-state index is 4.92. The van der Waals surface area contributed by atoms with E-state index in [1.807, 2.05) is 6.07 Å². The summed E-state index contributed by atoms with van der Waals surface area (Å²) in [7, 11) is 4.11. The van der Waals surface area contributed by atoms with Crippen molar-refractivity contribution < 1.29 is 4.52 Å². The van der Waals surface area contributed by atoms with E-state index in [1.54, 1.807) is 6.26 Å². The molecule has 0 atom stereocenters. The van der Waals surface area contributed by atoms with E-state index in [-0.39, 0.29) is 24.0 Å². The van der Waals surface area contributed by atoms with Gasteiger partial charge in [0.2, 0.25) is 0 Å². The molecule has 1 fully saturated rings. The van der Waals surface area contributed by atoms with Gasteiger partial charge in [-0.05, 0) is 24.6 Å². The Morgan fingerprint density at radius 3 is 2.43 bits per heavy atom. The number of anilines is 1. The maximum absolute atomic E-state index is 4.92. The number of hydrogen-bond acceptors (Lipinski definition) is 5. The van der Waals surface area contributed by atoms with Gasteiger partial charge in [0, 0.05) is 65.1 Å². The Kier molecular flexibility index (Phi) is 9.04. The minimum atomic E-state index is 0.